The number of hydrogen-bond acceptors (Lipinski definition) is 4. The predicted molar refractivity (Wildman–Crippen MR) is 72.4 cm³/mol. The number of ether oxygens (including phenoxy) is 1. The van der Waals surface area contributed by atoms with Gasteiger partial charge < -0.3 is 4.74 Å². The molecule has 104 valence electrons. The van der Waals surface area contributed by atoms with E-state index in [0.29, 0.717) is 12.3 Å². The van der Waals surface area contributed by atoms with Gasteiger partial charge in [0.05, 0.1) is 11.0 Å². The molecule has 0 N–H and O–H groups in total. The topological polar surface area (TPSA) is 69.4 Å². The van der Waals surface area contributed by atoms with Gasteiger partial charge in [-0.3, -0.25) is 10.1 Å². The Labute approximate surface area is 116 Å². The van der Waals surface area contributed by atoms with Crippen LogP contribution in [0.3, 0.4) is 0 Å². The van der Waals surface area contributed by atoms with E-state index in [0.717, 1.165) is 0 Å². The molecule has 0 aliphatic heterocycles. The van der Waals surface area contributed by atoms with Crippen LogP contribution in [0.5, 0.6) is 0 Å². The van der Waals surface area contributed by atoms with E-state index in [1.54, 1.807) is 6.92 Å². The lowest BCUT2D eigenvalue weighted by Gasteiger charge is -2.15. The number of nitrogens with zero attached hydrogens (tertiary/aromatic N) is 1. The molecule has 0 heterocycles. The molecule has 0 fully saturated rings. The van der Waals surface area contributed by atoms with Crippen LogP contribution in [0.4, 0.5) is 5.69 Å². The maximum atomic E-state index is 11.9. The van der Waals surface area contributed by atoms with Crippen molar-refractivity contribution in [3.63, 3.8) is 0 Å². The SMILES string of the molecule is CC(C)CC(C)OC(=O)c1cccc(Cl)c1[N+](=O)[O-]. The van der Waals surface area contributed by atoms with Crippen molar-refractivity contribution in [2.24, 2.45) is 5.92 Å². The molecule has 0 saturated carbocycles. The highest BCUT2D eigenvalue weighted by Crippen LogP contribution is 2.29. The number of carbonyl (C=O) groups is 1. The van der Waals surface area contributed by atoms with Crippen molar-refractivity contribution in [1.29, 1.82) is 0 Å². The smallest absolute Gasteiger partial charge is 0.345 e. The number of benzene rings is 1. The number of esters is 1. The van der Waals surface area contributed by atoms with Crippen molar-refractivity contribution in [1.82, 2.24) is 0 Å². The molecule has 0 amide bonds. The number of hydrogen-bond donors (Lipinski definition) is 0. The molecule has 1 rings (SSSR count). The average Bonchev–Trinajstić information content (AvgIpc) is 2.26. The first-order valence-electron chi connectivity index (χ1n) is 5.96. The zero-order valence-corrected chi connectivity index (χ0v) is 11.8. The number of nitro groups is 1. The van der Waals surface area contributed by atoms with Gasteiger partial charge >= 0.3 is 11.7 Å². The van der Waals surface area contributed by atoms with Gasteiger partial charge in [-0.1, -0.05) is 31.5 Å². The largest absolute Gasteiger partial charge is 0.459 e. The van der Waals surface area contributed by atoms with E-state index >= 15 is 0 Å². The number of rotatable bonds is 5. The number of halogens is 1. The zero-order valence-electron chi connectivity index (χ0n) is 11.1. The molecule has 0 radical (unpaired) electrons. The molecule has 19 heavy (non-hydrogen) atoms. The van der Waals surface area contributed by atoms with E-state index in [2.05, 4.69) is 0 Å². The predicted octanol–water partition coefficient (Wildman–Crippen LogP) is 3.84. The number of carbonyl (C=O) groups excluding carboxylic acids is 1. The Kier molecular flexibility index (Phi) is 5.30. The van der Waals surface area contributed by atoms with Gasteiger partial charge in [0.25, 0.3) is 0 Å². The van der Waals surface area contributed by atoms with E-state index in [9.17, 15) is 14.9 Å². The highest BCUT2D eigenvalue weighted by atomic mass is 35.5. The summed E-state index contributed by atoms with van der Waals surface area (Å²) >= 11 is 5.74. The third kappa shape index (κ3) is 4.21. The van der Waals surface area contributed by atoms with E-state index in [-0.39, 0.29) is 16.7 Å². The van der Waals surface area contributed by atoms with Crippen LogP contribution < -0.4 is 0 Å². The molecule has 1 aromatic carbocycles. The van der Waals surface area contributed by atoms with E-state index in [4.69, 9.17) is 16.3 Å². The minimum Gasteiger partial charge on any atom is -0.459 e. The minimum atomic E-state index is -0.720. The molecular weight excluding hydrogens is 270 g/mol. The molecule has 1 aromatic rings. The summed E-state index contributed by atoms with van der Waals surface area (Å²) in [5.41, 5.74) is -0.529. The van der Waals surface area contributed by atoms with Crippen LogP contribution in [0.2, 0.25) is 5.02 Å². The normalized spacial score (nSPS) is 12.3. The highest BCUT2D eigenvalue weighted by Gasteiger charge is 2.25. The van der Waals surface area contributed by atoms with Crippen LogP contribution in [-0.2, 0) is 4.74 Å². The average molecular weight is 286 g/mol. The second kappa shape index (κ2) is 6.52. The van der Waals surface area contributed by atoms with Gasteiger partial charge in [0.15, 0.2) is 0 Å². The molecule has 6 heteroatoms. The van der Waals surface area contributed by atoms with Crippen LogP contribution in [0.25, 0.3) is 0 Å². The quantitative estimate of drug-likeness (QED) is 0.468. The summed E-state index contributed by atoms with van der Waals surface area (Å²) in [7, 11) is 0. The fourth-order valence-corrected chi connectivity index (χ4v) is 2.07. The molecule has 0 aromatic heterocycles. The molecule has 0 bridgehead atoms. The van der Waals surface area contributed by atoms with Crippen LogP contribution in [0, 0.1) is 16.0 Å². The Hall–Kier alpha value is -1.62. The van der Waals surface area contributed by atoms with Gasteiger partial charge in [0, 0.05) is 0 Å². The Balaban J connectivity index is 2.94. The monoisotopic (exact) mass is 285 g/mol. The van der Waals surface area contributed by atoms with Gasteiger partial charge in [-0.05, 0) is 31.4 Å². The number of para-hydroxylation sites is 1. The van der Waals surface area contributed by atoms with Crippen molar-refractivity contribution in [3.8, 4) is 0 Å². The Morgan fingerprint density at radius 2 is 2.05 bits per heavy atom. The van der Waals surface area contributed by atoms with Crippen LogP contribution in [-0.4, -0.2) is 17.0 Å². The van der Waals surface area contributed by atoms with Crippen LogP contribution in [0.15, 0.2) is 18.2 Å². The molecule has 5 nitrogen and oxygen atoms in total. The first-order chi connectivity index (χ1) is 8.82. The van der Waals surface area contributed by atoms with Crippen molar-refractivity contribution in [3.05, 3.63) is 38.9 Å². The van der Waals surface area contributed by atoms with Crippen LogP contribution in [0.1, 0.15) is 37.6 Å². The zero-order chi connectivity index (χ0) is 14.6. The molecule has 0 aliphatic rings. The Morgan fingerprint density at radius 1 is 1.42 bits per heavy atom. The van der Waals surface area contributed by atoms with Crippen LogP contribution >= 0.6 is 11.6 Å². The van der Waals surface area contributed by atoms with Gasteiger partial charge in [-0.25, -0.2) is 4.79 Å². The summed E-state index contributed by atoms with van der Waals surface area (Å²) in [6, 6.07) is 4.20. The first-order valence-corrected chi connectivity index (χ1v) is 6.34. The summed E-state index contributed by atoms with van der Waals surface area (Å²) in [6.07, 6.45) is 0.395. The van der Waals surface area contributed by atoms with Crippen molar-refractivity contribution >= 4 is 23.3 Å². The molecule has 0 saturated heterocycles. The summed E-state index contributed by atoms with van der Waals surface area (Å²) in [5, 5.41) is 10.9. The summed E-state index contributed by atoms with van der Waals surface area (Å²) in [5.74, 6) is -0.348. The summed E-state index contributed by atoms with van der Waals surface area (Å²) in [6.45, 7) is 5.77. The first kappa shape index (κ1) is 15.4. The lowest BCUT2D eigenvalue weighted by molar-refractivity contribution is -0.385. The van der Waals surface area contributed by atoms with E-state index < -0.39 is 16.6 Å². The van der Waals surface area contributed by atoms with Gasteiger partial charge in [-0.2, -0.15) is 0 Å². The Morgan fingerprint density at radius 3 is 2.58 bits per heavy atom. The van der Waals surface area contributed by atoms with E-state index in [1.807, 2.05) is 13.8 Å². The molecule has 0 spiro atoms. The third-order valence-corrected chi connectivity index (χ3v) is 2.81. The van der Waals surface area contributed by atoms with Crippen molar-refractivity contribution in [2.75, 3.05) is 0 Å². The summed E-state index contributed by atoms with van der Waals surface area (Å²) < 4.78 is 5.19. The van der Waals surface area contributed by atoms with Crippen molar-refractivity contribution in [2.45, 2.75) is 33.3 Å². The molecule has 0 aliphatic carbocycles. The third-order valence-electron chi connectivity index (χ3n) is 2.50. The second-order valence-corrected chi connectivity index (χ2v) is 5.15. The molecule has 1 unspecified atom stereocenters. The molecular formula is C13H16ClNO4. The van der Waals surface area contributed by atoms with E-state index in [1.165, 1.54) is 18.2 Å². The van der Waals surface area contributed by atoms with Gasteiger partial charge in [0.2, 0.25) is 0 Å². The fraction of sp³-hybridized carbons (Fsp3) is 0.462. The van der Waals surface area contributed by atoms with Gasteiger partial charge in [-0.15, -0.1) is 0 Å². The maximum absolute atomic E-state index is 11.9. The molecule has 1 atom stereocenters. The van der Waals surface area contributed by atoms with Gasteiger partial charge in [0.1, 0.15) is 10.6 Å². The fourth-order valence-electron chi connectivity index (χ4n) is 1.82. The minimum absolute atomic E-state index is 0.0732. The summed E-state index contributed by atoms with van der Waals surface area (Å²) in [4.78, 5) is 22.2. The lowest BCUT2D eigenvalue weighted by Crippen LogP contribution is -2.18. The standard InChI is InChI=1S/C13H16ClNO4/c1-8(2)7-9(3)19-13(16)10-5-4-6-11(14)12(10)15(17)18/h4-6,8-9H,7H2,1-3H3. The lowest BCUT2D eigenvalue weighted by atomic mass is 10.1. The Bertz CT molecular complexity index is 488. The maximum Gasteiger partial charge on any atom is 0.345 e. The van der Waals surface area contributed by atoms with Crippen molar-refractivity contribution < 1.29 is 14.5 Å². The number of nitro benzene ring substituents is 1. The second-order valence-electron chi connectivity index (χ2n) is 4.74. The highest BCUT2D eigenvalue weighted by molar-refractivity contribution is 6.33.